The summed E-state index contributed by atoms with van der Waals surface area (Å²) in [5.41, 5.74) is 8.05. The van der Waals surface area contributed by atoms with E-state index in [2.05, 4.69) is 20.9 Å². The van der Waals surface area contributed by atoms with Crippen LogP contribution < -0.4 is 21.7 Å². The minimum absolute atomic E-state index is 0.0277. The van der Waals surface area contributed by atoms with Crippen LogP contribution in [0.15, 0.2) is 60.8 Å². The third kappa shape index (κ3) is 8.68. The lowest BCUT2D eigenvalue weighted by molar-refractivity contribution is -0.141. The Kier molecular flexibility index (Phi) is 10.2. The number of aromatic nitrogens is 1. The fourth-order valence-corrected chi connectivity index (χ4v) is 4.00. The summed E-state index contributed by atoms with van der Waals surface area (Å²) in [7, 11) is 0. The van der Waals surface area contributed by atoms with Gasteiger partial charge in [0, 0.05) is 36.4 Å². The number of carboxylic acids is 2. The van der Waals surface area contributed by atoms with Gasteiger partial charge in [-0.15, -0.1) is 0 Å². The number of benzene rings is 2. The number of carboxylic acid groups (broad SMARTS) is 2. The molecule has 3 amide bonds. The summed E-state index contributed by atoms with van der Waals surface area (Å²) in [5.74, 6) is -4.45. The SMILES string of the molecule is NC(CCC(=O)O)C(=O)NC(Cc1ccccc1)C(=O)NCC(=O)NC(Cc1c[nH]c2ccccc12)C(=O)O. The second-order valence-corrected chi connectivity index (χ2v) is 9.03. The minimum atomic E-state index is -1.24. The summed E-state index contributed by atoms with van der Waals surface area (Å²) in [5, 5.41) is 26.7. The van der Waals surface area contributed by atoms with Crippen LogP contribution in [0.5, 0.6) is 0 Å². The predicted molar refractivity (Wildman–Crippen MR) is 142 cm³/mol. The van der Waals surface area contributed by atoms with E-state index in [4.69, 9.17) is 10.8 Å². The van der Waals surface area contributed by atoms with Crippen LogP contribution in [-0.2, 0) is 36.8 Å². The van der Waals surface area contributed by atoms with Crippen LogP contribution in [0.3, 0.4) is 0 Å². The summed E-state index contributed by atoms with van der Waals surface area (Å²) in [6.07, 6.45) is 1.38. The van der Waals surface area contributed by atoms with Crippen LogP contribution in [0.4, 0.5) is 0 Å². The lowest BCUT2D eigenvalue weighted by Crippen LogP contribution is -2.54. The van der Waals surface area contributed by atoms with Crippen LogP contribution >= 0.6 is 0 Å². The number of aliphatic carboxylic acids is 2. The highest BCUT2D eigenvalue weighted by Crippen LogP contribution is 2.19. The lowest BCUT2D eigenvalue weighted by atomic mass is 10.0. The van der Waals surface area contributed by atoms with E-state index < -0.39 is 54.3 Å². The fraction of sp³-hybridized carbons (Fsp3) is 0.296. The molecule has 0 bridgehead atoms. The molecule has 0 aliphatic heterocycles. The van der Waals surface area contributed by atoms with Crippen molar-refractivity contribution in [3.8, 4) is 0 Å². The maximum atomic E-state index is 12.9. The molecule has 0 spiro atoms. The topological polar surface area (TPSA) is 204 Å². The number of amides is 3. The molecule has 3 aromatic rings. The van der Waals surface area contributed by atoms with Crippen molar-refractivity contribution >= 4 is 40.6 Å². The van der Waals surface area contributed by atoms with E-state index in [-0.39, 0.29) is 25.7 Å². The van der Waals surface area contributed by atoms with Crippen molar-refractivity contribution in [1.29, 1.82) is 0 Å². The van der Waals surface area contributed by atoms with E-state index in [1.807, 2.05) is 24.3 Å². The molecule has 3 atom stereocenters. The van der Waals surface area contributed by atoms with Crippen molar-refractivity contribution < 1.29 is 34.2 Å². The number of fused-ring (bicyclic) bond motifs is 1. The van der Waals surface area contributed by atoms with Crippen LogP contribution in [0.1, 0.15) is 24.0 Å². The molecule has 0 aliphatic carbocycles. The van der Waals surface area contributed by atoms with Gasteiger partial charge >= 0.3 is 11.9 Å². The number of para-hydroxylation sites is 1. The van der Waals surface area contributed by atoms with Gasteiger partial charge in [0.25, 0.3) is 0 Å². The molecule has 8 N–H and O–H groups in total. The van der Waals surface area contributed by atoms with Gasteiger partial charge in [0.05, 0.1) is 12.6 Å². The molecule has 0 radical (unpaired) electrons. The van der Waals surface area contributed by atoms with Crippen LogP contribution in [0.2, 0.25) is 0 Å². The number of carbonyl (C=O) groups is 5. The standard InChI is InChI=1S/C27H31N5O7/c28-19(10-11-24(34)35)25(36)32-21(12-16-6-2-1-3-7-16)26(37)30-15-23(33)31-22(27(38)39)13-17-14-29-20-9-5-4-8-18(17)20/h1-9,14,19,21-22,29H,10-13,15,28H2,(H,30,37)(H,31,33)(H,32,36)(H,34,35)(H,38,39). The summed E-state index contributed by atoms with van der Waals surface area (Å²) < 4.78 is 0. The highest BCUT2D eigenvalue weighted by atomic mass is 16.4. The van der Waals surface area contributed by atoms with Crippen molar-refractivity contribution in [3.63, 3.8) is 0 Å². The molecule has 0 saturated carbocycles. The van der Waals surface area contributed by atoms with Gasteiger partial charge in [-0.1, -0.05) is 48.5 Å². The monoisotopic (exact) mass is 537 g/mol. The molecule has 12 heteroatoms. The number of nitrogens with one attached hydrogen (secondary N) is 4. The van der Waals surface area contributed by atoms with Gasteiger partial charge in [-0.05, 0) is 23.6 Å². The zero-order valence-electron chi connectivity index (χ0n) is 21.1. The molecular formula is C27H31N5O7. The zero-order chi connectivity index (χ0) is 28.4. The third-order valence-electron chi connectivity index (χ3n) is 6.08. The molecule has 3 unspecified atom stereocenters. The summed E-state index contributed by atoms with van der Waals surface area (Å²) >= 11 is 0. The van der Waals surface area contributed by atoms with Crippen molar-refractivity contribution in [2.75, 3.05) is 6.54 Å². The first-order valence-corrected chi connectivity index (χ1v) is 12.3. The average Bonchev–Trinajstić information content (AvgIpc) is 3.32. The Bertz CT molecular complexity index is 1320. The molecule has 206 valence electrons. The normalized spacial score (nSPS) is 13.2. The number of carbonyl (C=O) groups excluding carboxylic acids is 3. The molecule has 0 aliphatic rings. The molecule has 3 rings (SSSR count). The number of rotatable bonds is 14. The van der Waals surface area contributed by atoms with Crippen molar-refractivity contribution in [2.24, 2.45) is 5.73 Å². The Balaban J connectivity index is 1.61. The quantitative estimate of drug-likeness (QED) is 0.152. The number of aromatic amines is 1. The number of nitrogens with two attached hydrogens (primary N) is 1. The van der Waals surface area contributed by atoms with E-state index in [9.17, 15) is 29.1 Å². The molecule has 2 aromatic carbocycles. The summed E-state index contributed by atoms with van der Waals surface area (Å²) in [6, 6.07) is 12.7. The third-order valence-corrected chi connectivity index (χ3v) is 6.08. The van der Waals surface area contributed by atoms with Gasteiger partial charge in [-0.3, -0.25) is 19.2 Å². The van der Waals surface area contributed by atoms with Gasteiger partial charge in [0.2, 0.25) is 17.7 Å². The first-order chi connectivity index (χ1) is 18.6. The van der Waals surface area contributed by atoms with Crippen LogP contribution in [0, 0.1) is 0 Å². The summed E-state index contributed by atoms with van der Waals surface area (Å²) in [4.78, 5) is 63.7. The van der Waals surface area contributed by atoms with E-state index in [1.54, 1.807) is 36.5 Å². The highest BCUT2D eigenvalue weighted by molar-refractivity contribution is 5.93. The predicted octanol–water partition coefficient (Wildman–Crippen LogP) is 0.316. The number of hydrogen-bond donors (Lipinski definition) is 7. The Labute approximate surface area is 224 Å². The van der Waals surface area contributed by atoms with Gasteiger partial charge in [0.15, 0.2) is 0 Å². The van der Waals surface area contributed by atoms with Crippen molar-refractivity contribution in [3.05, 3.63) is 71.9 Å². The Morgan fingerprint density at radius 2 is 1.54 bits per heavy atom. The van der Waals surface area contributed by atoms with E-state index in [1.165, 1.54) is 0 Å². The minimum Gasteiger partial charge on any atom is -0.481 e. The van der Waals surface area contributed by atoms with Gasteiger partial charge in [-0.2, -0.15) is 0 Å². The molecule has 0 saturated heterocycles. The van der Waals surface area contributed by atoms with Crippen LogP contribution in [0.25, 0.3) is 10.9 Å². The number of hydrogen-bond acceptors (Lipinski definition) is 6. The Hall–Kier alpha value is -4.71. The lowest BCUT2D eigenvalue weighted by Gasteiger charge is -2.21. The molecule has 0 fully saturated rings. The van der Waals surface area contributed by atoms with Crippen molar-refractivity contribution in [1.82, 2.24) is 20.9 Å². The summed E-state index contributed by atoms with van der Waals surface area (Å²) in [6.45, 7) is -0.525. The molecular weight excluding hydrogens is 506 g/mol. The van der Waals surface area contributed by atoms with Gasteiger partial charge in [0.1, 0.15) is 12.1 Å². The smallest absolute Gasteiger partial charge is 0.326 e. The van der Waals surface area contributed by atoms with Crippen molar-refractivity contribution in [2.45, 2.75) is 43.8 Å². The molecule has 1 aromatic heterocycles. The Morgan fingerprint density at radius 1 is 0.846 bits per heavy atom. The first kappa shape index (κ1) is 28.9. The zero-order valence-corrected chi connectivity index (χ0v) is 21.1. The maximum absolute atomic E-state index is 12.9. The average molecular weight is 538 g/mol. The highest BCUT2D eigenvalue weighted by Gasteiger charge is 2.26. The van der Waals surface area contributed by atoms with Crippen LogP contribution in [-0.4, -0.2) is 69.5 Å². The second kappa shape index (κ2) is 13.7. The second-order valence-electron chi connectivity index (χ2n) is 9.03. The van der Waals surface area contributed by atoms with E-state index >= 15 is 0 Å². The van der Waals surface area contributed by atoms with Gasteiger partial charge < -0.3 is 36.9 Å². The maximum Gasteiger partial charge on any atom is 0.326 e. The van der Waals surface area contributed by atoms with Gasteiger partial charge in [-0.25, -0.2) is 4.79 Å². The molecule has 1 heterocycles. The first-order valence-electron chi connectivity index (χ1n) is 12.3. The fourth-order valence-electron chi connectivity index (χ4n) is 4.00. The Morgan fingerprint density at radius 3 is 2.23 bits per heavy atom. The molecule has 12 nitrogen and oxygen atoms in total. The largest absolute Gasteiger partial charge is 0.481 e. The van der Waals surface area contributed by atoms with E-state index in [0.29, 0.717) is 5.56 Å². The molecule has 39 heavy (non-hydrogen) atoms. The number of H-pyrrole nitrogens is 1. The van der Waals surface area contributed by atoms with E-state index in [0.717, 1.165) is 16.5 Å².